The number of rotatable bonds is 5. The second-order valence-corrected chi connectivity index (χ2v) is 5.48. The van der Waals surface area contributed by atoms with Gasteiger partial charge in [-0.3, -0.25) is 4.79 Å². The predicted octanol–water partition coefficient (Wildman–Crippen LogP) is 2.03. The maximum atomic E-state index is 12.0. The second-order valence-electron chi connectivity index (χ2n) is 5.48. The molecule has 1 aliphatic rings. The Morgan fingerprint density at radius 1 is 1.36 bits per heavy atom. The van der Waals surface area contributed by atoms with Crippen molar-refractivity contribution in [1.82, 2.24) is 19.4 Å². The van der Waals surface area contributed by atoms with Crippen molar-refractivity contribution in [3.63, 3.8) is 0 Å². The molecule has 0 aliphatic carbocycles. The third-order valence-corrected chi connectivity index (χ3v) is 3.78. The number of anilines is 1. The molecule has 0 bridgehead atoms. The quantitative estimate of drug-likeness (QED) is 0.917. The molecule has 6 nitrogen and oxygen atoms in total. The van der Waals surface area contributed by atoms with E-state index in [9.17, 15) is 4.79 Å². The predicted molar refractivity (Wildman–Crippen MR) is 84.1 cm³/mol. The van der Waals surface area contributed by atoms with Gasteiger partial charge in [0, 0.05) is 31.9 Å². The highest BCUT2D eigenvalue weighted by molar-refractivity contribution is 5.76. The van der Waals surface area contributed by atoms with Gasteiger partial charge in [-0.1, -0.05) is 13.0 Å². The van der Waals surface area contributed by atoms with Crippen LogP contribution >= 0.6 is 0 Å². The summed E-state index contributed by atoms with van der Waals surface area (Å²) in [5.41, 5.74) is 0.977. The first-order valence-corrected chi connectivity index (χ1v) is 7.74. The molecule has 0 unspecified atom stereocenters. The van der Waals surface area contributed by atoms with Crippen LogP contribution in [0.1, 0.15) is 31.3 Å². The van der Waals surface area contributed by atoms with E-state index in [2.05, 4.69) is 26.0 Å². The summed E-state index contributed by atoms with van der Waals surface area (Å²) in [7, 11) is 0. The van der Waals surface area contributed by atoms with Crippen molar-refractivity contribution < 1.29 is 4.79 Å². The SMILES string of the molecule is CCCC(=O)N1CCn2cc(CNc3ccccn3)nc2C1. The van der Waals surface area contributed by atoms with Crippen molar-refractivity contribution in [3.05, 3.63) is 42.1 Å². The van der Waals surface area contributed by atoms with Gasteiger partial charge in [-0.05, 0) is 18.6 Å². The topological polar surface area (TPSA) is 63.1 Å². The number of hydrogen-bond donors (Lipinski definition) is 1. The molecule has 2 aromatic rings. The van der Waals surface area contributed by atoms with Gasteiger partial charge < -0.3 is 14.8 Å². The van der Waals surface area contributed by atoms with Crippen LogP contribution in [0.5, 0.6) is 0 Å². The van der Waals surface area contributed by atoms with Crippen LogP contribution in [-0.2, 0) is 24.4 Å². The zero-order chi connectivity index (χ0) is 15.4. The minimum absolute atomic E-state index is 0.227. The molecule has 0 radical (unpaired) electrons. The summed E-state index contributed by atoms with van der Waals surface area (Å²) in [5.74, 6) is 2.03. The molecule has 22 heavy (non-hydrogen) atoms. The normalized spacial score (nSPS) is 13.8. The first-order chi connectivity index (χ1) is 10.8. The summed E-state index contributed by atoms with van der Waals surface area (Å²) in [6.45, 7) is 4.88. The number of fused-ring (bicyclic) bond motifs is 1. The lowest BCUT2D eigenvalue weighted by Gasteiger charge is -2.27. The van der Waals surface area contributed by atoms with E-state index >= 15 is 0 Å². The Hall–Kier alpha value is -2.37. The number of nitrogens with zero attached hydrogens (tertiary/aromatic N) is 4. The summed E-state index contributed by atoms with van der Waals surface area (Å²) >= 11 is 0. The fraction of sp³-hybridized carbons (Fsp3) is 0.438. The maximum absolute atomic E-state index is 12.0. The van der Waals surface area contributed by atoms with Gasteiger partial charge in [0.2, 0.25) is 5.91 Å². The summed E-state index contributed by atoms with van der Waals surface area (Å²) in [5, 5.41) is 3.26. The van der Waals surface area contributed by atoms with Crippen molar-refractivity contribution in [2.45, 2.75) is 39.4 Å². The zero-order valence-electron chi connectivity index (χ0n) is 12.8. The number of nitrogens with one attached hydrogen (secondary N) is 1. The zero-order valence-corrected chi connectivity index (χ0v) is 12.8. The molecular formula is C16H21N5O. The van der Waals surface area contributed by atoms with Gasteiger partial charge in [0.1, 0.15) is 11.6 Å². The lowest BCUT2D eigenvalue weighted by atomic mass is 10.2. The number of carbonyl (C=O) groups is 1. The fourth-order valence-corrected chi connectivity index (χ4v) is 2.63. The Balaban J connectivity index is 1.62. The number of imidazole rings is 1. The molecule has 2 aromatic heterocycles. The van der Waals surface area contributed by atoms with Crippen LogP contribution in [0.3, 0.4) is 0 Å². The minimum Gasteiger partial charge on any atom is -0.364 e. The van der Waals surface area contributed by atoms with Gasteiger partial charge in [-0.15, -0.1) is 0 Å². The van der Waals surface area contributed by atoms with Crippen LogP contribution in [0.4, 0.5) is 5.82 Å². The van der Waals surface area contributed by atoms with E-state index < -0.39 is 0 Å². The Morgan fingerprint density at radius 3 is 3.05 bits per heavy atom. The second kappa shape index (κ2) is 6.60. The third kappa shape index (κ3) is 3.27. The Kier molecular flexibility index (Phi) is 4.37. The van der Waals surface area contributed by atoms with Gasteiger partial charge in [0.15, 0.2) is 0 Å². The average molecular weight is 299 g/mol. The molecule has 3 heterocycles. The smallest absolute Gasteiger partial charge is 0.223 e. The summed E-state index contributed by atoms with van der Waals surface area (Å²) in [6.07, 6.45) is 5.34. The van der Waals surface area contributed by atoms with E-state index in [1.807, 2.05) is 30.0 Å². The van der Waals surface area contributed by atoms with E-state index in [-0.39, 0.29) is 5.91 Å². The molecule has 1 amide bonds. The molecule has 0 fully saturated rings. The molecule has 0 spiro atoms. The van der Waals surface area contributed by atoms with E-state index in [1.165, 1.54) is 0 Å². The van der Waals surface area contributed by atoms with E-state index in [1.54, 1.807) is 6.20 Å². The van der Waals surface area contributed by atoms with Gasteiger partial charge in [-0.2, -0.15) is 0 Å². The van der Waals surface area contributed by atoms with Crippen molar-refractivity contribution >= 4 is 11.7 Å². The summed E-state index contributed by atoms with van der Waals surface area (Å²) < 4.78 is 2.14. The van der Waals surface area contributed by atoms with E-state index in [4.69, 9.17) is 0 Å². The standard InChI is InChI=1S/C16H21N5O/c1-2-5-16(22)21-9-8-20-11-13(19-15(20)12-21)10-18-14-6-3-4-7-17-14/h3-4,6-7,11H,2,5,8-10,12H2,1H3,(H,17,18). The largest absolute Gasteiger partial charge is 0.364 e. The molecule has 0 saturated heterocycles. The molecule has 116 valence electrons. The van der Waals surface area contributed by atoms with Gasteiger partial charge in [-0.25, -0.2) is 9.97 Å². The first kappa shape index (κ1) is 14.6. The van der Waals surface area contributed by atoms with Crippen LogP contribution in [0.2, 0.25) is 0 Å². The lowest BCUT2D eigenvalue weighted by molar-refractivity contribution is -0.132. The highest BCUT2D eigenvalue weighted by Crippen LogP contribution is 2.15. The van der Waals surface area contributed by atoms with Crippen molar-refractivity contribution in [2.75, 3.05) is 11.9 Å². The molecule has 0 atom stereocenters. The Labute approximate surface area is 130 Å². The number of amides is 1. The molecule has 3 rings (SSSR count). The Bertz CT molecular complexity index is 637. The molecular weight excluding hydrogens is 278 g/mol. The molecule has 1 N–H and O–H groups in total. The van der Waals surface area contributed by atoms with Crippen molar-refractivity contribution in [2.24, 2.45) is 0 Å². The van der Waals surface area contributed by atoms with E-state index in [0.29, 0.717) is 19.5 Å². The number of hydrogen-bond acceptors (Lipinski definition) is 4. The van der Waals surface area contributed by atoms with Crippen LogP contribution in [-0.4, -0.2) is 31.9 Å². The molecule has 0 aromatic carbocycles. The van der Waals surface area contributed by atoms with Crippen LogP contribution < -0.4 is 5.32 Å². The third-order valence-electron chi connectivity index (χ3n) is 3.78. The minimum atomic E-state index is 0.227. The average Bonchev–Trinajstić information content (AvgIpc) is 2.96. The van der Waals surface area contributed by atoms with Gasteiger partial charge in [0.25, 0.3) is 0 Å². The number of carbonyl (C=O) groups excluding carboxylic acids is 1. The van der Waals surface area contributed by atoms with E-state index in [0.717, 1.165) is 36.8 Å². The highest BCUT2D eigenvalue weighted by Gasteiger charge is 2.21. The molecule has 0 saturated carbocycles. The lowest BCUT2D eigenvalue weighted by Crippen LogP contribution is -2.38. The fourth-order valence-electron chi connectivity index (χ4n) is 2.63. The monoisotopic (exact) mass is 299 g/mol. The Morgan fingerprint density at radius 2 is 2.27 bits per heavy atom. The summed E-state index contributed by atoms with van der Waals surface area (Å²) in [4.78, 5) is 22.8. The molecule has 1 aliphatic heterocycles. The van der Waals surface area contributed by atoms with Gasteiger partial charge >= 0.3 is 0 Å². The molecule has 6 heteroatoms. The number of pyridine rings is 1. The van der Waals surface area contributed by atoms with Gasteiger partial charge in [0.05, 0.1) is 18.8 Å². The first-order valence-electron chi connectivity index (χ1n) is 7.74. The van der Waals surface area contributed by atoms with Crippen LogP contribution in [0, 0.1) is 0 Å². The summed E-state index contributed by atoms with van der Waals surface area (Å²) in [6, 6.07) is 5.77. The van der Waals surface area contributed by atoms with Crippen LogP contribution in [0.25, 0.3) is 0 Å². The van der Waals surface area contributed by atoms with Crippen molar-refractivity contribution in [1.29, 1.82) is 0 Å². The van der Waals surface area contributed by atoms with Crippen molar-refractivity contribution in [3.8, 4) is 0 Å². The highest BCUT2D eigenvalue weighted by atomic mass is 16.2. The van der Waals surface area contributed by atoms with Crippen LogP contribution in [0.15, 0.2) is 30.6 Å². The maximum Gasteiger partial charge on any atom is 0.223 e. The number of aromatic nitrogens is 3.